The van der Waals surface area contributed by atoms with Crippen LogP contribution in [0.3, 0.4) is 0 Å². The quantitative estimate of drug-likeness (QED) is 0.227. The Morgan fingerprint density at radius 3 is 2.44 bits per heavy atom. The van der Waals surface area contributed by atoms with Gasteiger partial charge >= 0.3 is 5.97 Å². The summed E-state index contributed by atoms with van der Waals surface area (Å²) >= 11 is 0. The topological polar surface area (TPSA) is 143 Å². The summed E-state index contributed by atoms with van der Waals surface area (Å²) in [5, 5.41) is 14.4. The number of amides is 2. The zero-order valence-corrected chi connectivity index (χ0v) is 23.7. The lowest BCUT2D eigenvalue weighted by molar-refractivity contribution is -0.147. The molecule has 12 heteroatoms. The maximum atomic E-state index is 13.5. The molecule has 0 N–H and O–H groups in total. The minimum atomic E-state index is -3.74. The molecule has 2 aromatic carbocycles. The molecule has 11 nitrogen and oxygen atoms in total. The molecule has 3 aromatic rings. The Bertz CT molecular complexity index is 1750. The molecule has 0 spiro atoms. The molecule has 41 heavy (non-hydrogen) atoms. The van der Waals surface area contributed by atoms with Gasteiger partial charge in [-0.3, -0.25) is 19.3 Å². The fraction of sp³-hybridized carbons (Fsp3) is 0.207. The predicted octanol–water partition coefficient (Wildman–Crippen LogP) is 2.94. The highest BCUT2D eigenvalue weighted by Crippen LogP contribution is 2.32. The van der Waals surface area contributed by atoms with E-state index in [0.29, 0.717) is 22.5 Å². The summed E-state index contributed by atoms with van der Waals surface area (Å²) in [6, 6.07) is 17.4. The molecule has 1 aromatic heterocycles. The lowest BCUT2D eigenvalue weighted by atomic mass is 9.93. The molecule has 4 rings (SSSR count). The summed E-state index contributed by atoms with van der Waals surface area (Å²) in [5.41, 5.74) is 2.07. The molecule has 0 radical (unpaired) electrons. The van der Waals surface area contributed by atoms with Crippen LogP contribution in [0.5, 0.6) is 0 Å². The van der Waals surface area contributed by atoms with Crippen molar-refractivity contribution in [2.24, 2.45) is 0 Å². The van der Waals surface area contributed by atoms with Crippen LogP contribution >= 0.6 is 0 Å². The van der Waals surface area contributed by atoms with Crippen LogP contribution in [0.2, 0.25) is 0 Å². The minimum Gasteiger partial charge on any atom is -0.464 e. The van der Waals surface area contributed by atoms with Crippen molar-refractivity contribution in [3.63, 3.8) is 0 Å². The Morgan fingerprint density at radius 1 is 1.10 bits per heavy atom. The van der Waals surface area contributed by atoms with Crippen LogP contribution < -0.4 is 0 Å². The van der Waals surface area contributed by atoms with E-state index in [4.69, 9.17) is 9.84 Å². The lowest BCUT2D eigenvalue weighted by Crippen LogP contribution is -2.44. The van der Waals surface area contributed by atoms with Gasteiger partial charge in [0.05, 0.1) is 17.1 Å². The summed E-state index contributed by atoms with van der Waals surface area (Å²) in [6.45, 7) is 2.27. The monoisotopic (exact) mass is 573 g/mol. The first-order valence-electron chi connectivity index (χ1n) is 12.5. The number of ether oxygens (including phenoxy) is 1. The molecule has 210 valence electrons. The van der Waals surface area contributed by atoms with E-state index in [1.807, 2.05) is 36.4 Å². The number of carbonyl (C=O) groups is 3. The summed E-state index contributed by atoms with van der Waals surface area (Å²) < 4.78 is 33.3. The zero-order valence-electron chi connectivity index (χ0n) is 22.9. The molecule has 0 fully saturated rings. The first kappa shape index (κ1) is 29.1. The van der Waals surface area contributed by atoms with Crippen molar-refractivity contribution in [3.8, 4) is 23.0 Å². The van der Waals surface area contributed by atoms with Gasteiger partial charge in [-0.05, 0) is 42.8 Å². The molecule has 1 aliphatic heterocycles. The Morgan fingerprint density at radius 2 is 1.80 bits per heavy atom. The summed E-state index contributed by atoms with van der Waals surface area (Å²) in [6.07, 6.45) is 3.20. The van der Waals surface area contributed by atoms with Gasteiger partial charge < -0.3 is 4.74 Å². The molecule has 2 amide bonds. The van der Waals surface area contributed by atoms with Gasteiger partial charge in [-0.2, -0.15) is 10.4 Å². The molecule has 0 saturated carbocycles. The average Bonchev–Trinajstić information content (AvgIpc) is 3.37. The van der Waals surface area contributed by atoms with E-state index in [1.165, 1.54) is 46.2 Å². The predicted molar refractivity (Wildman–Crippen MR) is 150 cm³/mol. The van der Waals surface area contributed by atoms with Crippen molar-refractivity contribution in [3.05, 3.63) is 83.1 Å². The standard InChI is InChI=1S/C29H27N5O6S/c1-19-25(28(36)33(13-14-40-20(2)35)29(37)26(19)17-30)16-22-18-34(23-10-6-5-7-11-23)31-27(22)21-9-8-12-24(15-21)41(38,39)32(3)4/h5-12,15-16,18H,13-14H2,1-4H3/b25-16+. The van der Waals surface area contributed by atoms with Gasteiger partial charge in [0, 0.05) is 43.9 Å². The number of nitrogens with zero attached hydrogens (tertiary/aromatic N) is 5. The van der Waals surface area contributed by atoms with E-state index in [0.717, 1.165) is 9.21 Å². The first-order chi connectivity index (χ1) is 19.4. The first-order valence-corrected chi connectivity index (χ1v) is 13.9. The molecule has 2 heterocycles. The maximum absolute atomic E-state index is 13.5. The molecule has 0 aliphatic carbocycles. The van der Waals surface area contributed by atoms with Gasteiger partial charge in [-0.15, -0.1) is 0 Å². The number of esters is 1. The Balaban J connectivity index is 1.90. The summed E-state index contributed by atoms with van der Waals surface area (Å²) in [7, 11) is -0.869. The van der Waals surface area contributed by atoms with Crippen molar-refractivity contribution in [2.45, 2.75) is 18.7 Å². The lowest BCUT2D eigenvalue weighted by Gasteiger charge is -2.27. The van der Waals surface area contributed by atoms with Crippen molar-refractivity contribution >= 4 is 33.9 Å². The largest absolute Gasteiger partial charge is 0.464 e. The average molecular weight is 574 g/mol. The molecule has 1 aliphatic rings. The second kappa shape index (κ2) is 11.7. The number of hydrogen-bond acceptors (Lipinski definition) is 8. The van der Waals surface area contributed by atoms with Crippen molar-refractivity contribution in [1.82, 2.24) is 19.0 Å². The summed E-state index contributed by atoms with van der Waals surface area (Å²) in [5.74, 6) is -2.01. The smallest absolute Gasteiger partial charge is 0.302 e. The molecule has 0 bridgehead atoms. The normalized spacial score (nSPS) is 15.0. The van der Waals surface area contributed by atoms with Crippen LogP contribution in [0.1, 0.15) is 19.4 Å². The SMILES string of the molecule is CC(=O)OCCN1C(=O)C(C#N)=C(C)/C(=C\c2cn(-c3ccccc3)nc2-c2cccc(S(=O)(=O)N(C)C)c2)C1=O. The number of imide groups is 1. The third kappa shape index (κ3) is 5.86. The number of sulfonamides is 1. The van der Waals surface area contributed by atoms with Gasteiger partial charge in [0.25, 0.3) is 11.8 Å². The molecule has 0 unspecified atom stereocenters. The highest BCUT2D eigenvalue weighted by molar-refractivity contribution is 7.89. The summed E-state index contributed by atoms with van der Waals surface area (Å²) in [4.78, 5) is 38.5. The van der Waals surface area contributed by atoms with Gasteiger partial charge in [-0.1, -0.05) is 30.3 Å². The van der Waals surface area contributed by atoms with Crippen molar-refractivity contribution in [1.29, 1.82) is 5.26 Å². The van der Waals surface area contributed by atoms with Crippen molar-refractivity contribution < 1.29 is 27.5 Å². The van der Waals surface area contributed by atoms with E-state index in [1.54, 1.807) is 23.0 Å². The van der Waals surface area contributed by atoms with Crippen LogP contribution in [-0.4, -0.2) is 72.4 Å². The number of aromatic nitrogens is 2. The third-order valence-corrected chi connectivity index (χ3v) is 8.21. The van der Waals surface area contributed by atoms with Crippen LogP contribution in [0, 0.1) is 11.3 Å². The fourth-order valence-corrected chi connectivity index (χ4v) is 5.16. The van der Waals surface area contributed by atoms with E-state index < -0.39 is 27.8 Å². The van der Waals surface area contributed by atoms with Crippen LogP contribution in [0.15, 0.2) is 82.4 Å². The Hall–Kier alpha value is -4.86. The molecular weight excluding hydrogens is 546 g/mol. The van der Waals surface area contributed by atoms with Gasteiger partial charge in [0.15, 0.2) is 0 Å². The van der Waals surface area contributed by atoms with Gasteiger partial charge in [-0.25, -0.2) is 17.4 Å². The highest BCUT2D eigenvalue weighted by atomic mass is 32.2. The number of benzene rings is 2. The van der Waals surface area contributed by atoms with Gasteiger partial charge in [0.2, 0.25) is 10.0 Å². The van der Waals surface area contributed by atoms with Crippen molar-refractivity contribution in [2.75, 3.05) is 27.2 Å². The minimum absolute atomic E-state index is 0.0618. The van der Waals surface area contributed by atoms with E-state index >= 15 is 0 Å². The maximum Gasteiger partial charge on any atom is 0.302 e. The third-order valence-electron chi connectivity index (χ3n) is 6.39. The fourth-order valence-electron chi connectivity index (χ4n) is 4.21. The van der Waals surface area contributed by atoms with Crippen LogP contribution in [0.25, 0.3) is 23.0 Å². The van der Waals surface area contributed by atoms with Crippen LogP contribution in [0.4, 0.5) is 0 Å². The second-order valence-electron chi connectivity index (χ2n) is 9.30. The molecular formula is C29H27N5O6S. The number of nitriles is 1. The zero-order chi connectivity index (χ0) is 29.9. The highest BCUT2D eigenvalue weighted by Gasteiger charge is 2.35. The Labute approximate surface area is 237 Å². The number of para-hydroxylation sites is 1. The number of rotatable bonds is 8. The number of carbonyl (C=O) groups excluding carboxylic acids is 3. The molecule has 0 saturated heterocycles. The van der Waals surface area contributed by atoms with Gasteiger partial charge in [0.1, 0.15) is 23.9 Å². The van der Waals surface area contributed by atoms with E-state index in [9.17, 15) is 28.1 Å². The molecule has 0 atom stereocenters. The Kier molecular flexibility index (Phi) is 8.32. The van der Waals surface area contributed by atoms with Crippen LogP contribution in [-0.2, 0) is 29.1 Å². The van der Waals surface area contributed by atoms with E-state index in [2.05, 4.69) is 0 Å². The second-order valence-corrected chi connectivity index (χ2v) is 11.5. The number of hydrogen-bond donors (Lipinski definition) is 0. The van der Waals surface area contributed by atoms with E-state index in [-0.39, 0.29) is 34.8 Å².